The molecule has 0 unspecified atom stereocenters. The number of benzene rings is 2. The van der Waals surface area contributed by atoms with Gasteiger partial charge in [-0.1, -0.05) is 42.5 Å². The molecule has 3 aromatic rings. The van der Waals surface area contributed by atoms with Crippen molar-refractivity contribution < 1.29 is 27.4 Å². The highest BCUT2D eigenvalue weighted by atomic mass is 35.5. The molecule has 4 rings (SSSR count). The van der Waals surface area contributed by atoms with Crippen LogP contribution in [0.1, 0.15) is 24.7 Å². The topological polar surface area (TPSA) is 135 Å². The van der Waals surface area contributed by atoms with Crippen LogP contribution in [0.4, 0.5) is 17.1 Å². The normalized spacial score (nSPS) is 14.1. The maximum absolute atomic E-state index is 11.7. The second-order valence-corrected chi connectivity index (χ2v) is 11.4. The van der Waals surface area contributed by atoms with Crippen molar-refractivity contribution in [2.75, 3.05) is 28.6 Å². The van der Waals surface area contributed by atoms with E-state index in [-0.39, 0.29) is 30.1 Å². The SMILES string of the molecule is [C-]#[N+]c1ccc2c(c1)n(CCCS(=O)(=O)O)c(/C=C/C=C/C=C1\N(CC)c3cc(Cl)c(C#N)cc3N1CC(=O)O)[n+]2C=C. The van der Waals surface area contributed by atoms with Crippen LogP contribution < -0.4 is 14.4 Å². The fraction of sp³-hybridized carbons (Fsp3) is 0.200. The molecule has 2 aromatic carbocycles. The molecular formula is C30H28ClN6O5S+. The van der Waals surface area contributed by atoms with E-state index in [1.165, 1.54) is 0 Å². The van der Waals surface area contributed by atoms with Crippen molar-refractivity contribution in [1.82, 2.24) is 4.57 Å². The molecule has 2 heterocycles. The van der Waals surface area contributed by atoms with E-state index in [2.05, 4.69) is 11.4 Å². The van der Waals surface area contributed by atoms with Crippen molar-refractivity contribution >= 4 is 68.1 Å². The smallest absolute Gasteiger partial charge is 0.323 e. The number of hydrogen-bond donors (Lipinski definition) is 2. The van der Waals surface area contributed by atoms with Gasteiger partial charge in [0.15, 0.2) is 16.7 Å². The minimum absolute atomic E-state index is 0.148. The third-order valence-electron chi connectivity index (χ3n) is 6.77. The van der Waals surface area contributed by atoms with Gasteiger partial charge in [0.2, 0.25) is 0 Å². The molecule has 0 aliphatic carbocycles. The molecule has 11 nitrogen and oxygen atoms in total. The van der Waals surface area contributed by atoms with E-state index in [0.717, 1.165) is 5.52 Å². The zero-order valence-corrected chi connectivity index (χ0v) is 24.8. The summed E-state index contributed by atoms with van der Waals surface area (Å²) in [5.74, 6) is -0.189. The molecular weight excluding hydrogens is 592 g/mol. The second-order valence-electron chi connectivity index (χ2n) is 9.41. The third kappa shape index (κ3) is 6.63. The number of hydrogen-bond acceptors (Lipinski definition) is 6. The van der Waals surface area contributed by atoms with Crippen LogP contribution in [0.15, 0.2) is 67.0 Å². The predicted molar refractivity (Wildman–Crippen MR) is 166 cm³/mol. The van der Waals surface area contributed by atoms with Crippen molar-refractivity contribution in [2.45, 2.75) is 19.9 Å². The van der Waals surface area contributed by atoms with Gasteiger partial charge in [-0.05, 0) is 37.3 Å². The number of anilines is 2. The van der Waals surface area contributed by atoms with Crippen LogP contribution in [0.2, 0.25) is 5.02 Å². The number of carbonyl (C=O) groups is 1. The lowest BCUT2D eigenvalue weighted by Crippen LogP contribution is -2.32. The van der Waals surface area contributed by atoms with Crippen LogP contribution in [0.5, 0.6) is 0 Å². The molecule has 13 heteroatoms. The summed E-state index contributed by atoms with van der Waals surface area (Å²) in [5.41, 5.74) is 3.41. The molecule has 1 aliphatic heterocycles. The molecule has 1 aliphatic rings. The van der Waals surface area contributed by atoms with E-state index in [0.29, 0.717) is 40.8 Å². The average molecular weight is 620 g/mol. The number of halogens is 1. The molecule has 0 radical (unpaired) electrons. The van der Waals surface area contributed by atoms with Crippen LogP contribution in [0, 0.1) is 17.9 Å². The summed E-state index contributed by atoms with van der Waals surface area (Å²) in [7, 11) is -4.14. The first kappa shape index (κ1) is 31.1. The van der Waals surface area contributed by atoms with E-state index in [9.17, 15) is 28.1 Å². The molecule has 0 saturated carbocycles. The molecule has 0 atom stereocenters. The standard InChI is InChI=1S/C30H27ClN6O5S/c1-4-34-24-13-12-22(33-3)17-26(24)36(14-9-15-43(40,41)42)28(34)10-7-6-8-11-29-35(5-2)27-18-23(31)21(19-32)16-25(27)37(29)20-30(38)39/h4,6-8,10-13,16-18H,1,5,9,14-15,20H2,2H3,(H-,38,39,40,41,42)/p+1. The maximum Gasteiger partial charge on any atom is 0.323 e. The van der Waals surface area contributed by atoms with Crippen molar-refractivity contribution in [2.24, 2.45) is 0 Å². The number of aliphatic carboxylic acids is 1. The molecule has 1 aromatic heterocycles. The van der Waals surface area contributed by atoms with Crippen molar-refractivity contribution in [3.05, 3.63) is 94.9 Å². The molecule has 2 N–H and O–H groups in total. The zero-order valence-electron chi connectivity index (χ0n) is 23.2. The number of rotatable bonds is 11. The van der Waals surface area contributed by atoms with Crippen molar-refractivity contribution in [3.8, 4) is 6.07 Å². The lowest BCUT2D eigenvalue weighted by Gasteiger charge is -2.22. The van der Waals surface area contributed by atoms with Gasteiger partial charge >= 0.3 is 5.97 Å². The van der Waals surface area contributed by atoms with Crippen LogP contribution >= 0.6 is 11.6 Å². The maximum atomic E-state index is 11.7. The summed E-state index contributed by atoms with van der Waals surface area (Å²) in [6.45, 7) is 13.7. The summed E-state index contributed by atoms with van der Waals surface area (Å²) in [6.07, 6.45) is 10.6. The molecule has 0 bridgehead atoms. The number of allylic oxidation sites excluding steroid dienone is 4. The zero-order chi connectivity index (χ0) is 31.3. The number of aryl methyl sites for hydroxylation is 1. The fourth-order valence-electron chi connectivity index (χ4n) is 5.00. The van der Waals surface area contributed by atoms with Gasteiger partial charge in [-0.25, -0.2) is 9.41 Å². The highest BCUT2D eigenvalue weighted by Crippen LogP contribution is 2.44. The molecule has 220 valence electrons. The van der Waals surface area contributed by atoms with Gasteiger partial charge in [-0.3, -0.25) is 9.35 Å². The van der Waals surface area contributed by atoms with Crippen molar-refractivity contribution in [3.63, 3.8) is 0 Å². The van der Waals surface area contributed by atoms with E-state index in [4.69, 9.17) is 18.2 Å². The Morgan fingerprint density at radius 2 is 1.95 bits per heavy atom. The molecule has 0 saturated heterocycles. The van der Waals surface area contributed by atoms with Crippen LogP contribution in [0.3, 0.4) is 0 Å². The van der Waals surface area contributed by atoms with E-state index < -0.39 is 21.8 Å². The number of carboxylic acids is 1. The van der Waals surface area contributed by atoms with Gasteiger partial charge in [-0.15, -0.1) is 0 Å². The Labute approximate surface area is 254 Å². The first-order chi connectivity index (χ1) is 20.5. The Morgan fingerprint density at radius 3 is 2.58 bits per heavy atom. The number of aromatic nitrogens is 2. The second kappa shape index (κ2) is 13.0. The van der Waals surface area contributed by atoms with Crippen LogP contribution in [-0.4, -0.2) is 47.5 Å². The average Bonchev–Trinajstić information content (AvgIpc) is 3.41. The van der Waals surface area contributed by atoms with Crippen molar-refractivity contribution in [1.29, 1.82) is 5.26 Å². The Bertz CT molecular complexity index is 1900. The summed E-state index contributed by atoms with van der Waals surface area (Å²) in [6, 6.07) is 10.5. The lowest BCUT2D eigenvalue weighted by atomic mass is 10.1. The van der Waals surface area contributed by atoms with Crippen LogP contribution in [0.25, 0.3) is 28.2 Å². The summed E-state index contributed by atoms with van der Waals surface area (Å²) < 4.78 is 35.5. The number of nitriles is 1. The van der Waals surface area contributed by atoms with Gasteiger partial charge in [0.05, 0.1) is 47.0 Å². The molecule has 0 spiro atoms. The quantitative estimate of drug-likeness (QED) is 0.129. The van der Waals surface area contributed by atoms with Crippen LogP contribution in [-0.2, 0) is 21.5 Å². The van der Waals surface area contributed by atoms with Gasteiger partial charge < -0.3 is 14.9 Å². The molecule has 43 heavy (non-hydrogen) atoms. The molecule has 0 fully saturated rings. The van der Waals surface area contributed by atoms with E-state index in [1.807, 2.05) is 27.0 Å². The fourth-order valence-corrected chi connectivity index (χ4v) is 5.70. The van der Waals surface area contributed by atoms with Gasteiger partial charge in [0, 0.05) is 19.0 Å². The summed E-state index contributed by atoms with van der Waals surface area (Å²) in [5, 5.41) is 19.3. The molecule has 0 amide bonds. The lowest BCUT2D eigenvalue weighted by molar-refractivity contribution is -0.542. The predicted octanol–water partition coefficient (Wildman–Crippen LogP) is 5.22. The largest absolute Gasteiger partial charge is 0.480 e. The number of imidazole rings is 1. The number of nitrogens with zero attached hydrogens (tertiary/aromatic N) is 6. The highest BCUT2D eigenvalue weighted by Gasteiger charge is 2.32. The number of carboxylic acid groups (broad SMARTS) is 1. The monoisotopic (exact) mass is 619 g/mol. The Kier molecular flexibility index (Phi) is 9.37. The highest BCUT2D eigenvalue weighted by molar-refractivity contribution is 7.85. The minimum atomic E-state index is -4.14. The Hall–Kier alpha value is -4.88. The van der Waals surface area contributed by atoms with E-state index >= 15 is 0 Å². The first-order valence-electron chi connectivity index (χ1n) is 13.1. The van der Waals surface area contributed by atoms with Gasteiger partial charge in [-0.2, -0.15) is 18.2 Å². The van der Waals surface area contributed by atoms with Gasteiger partial charge in [0.1, 0.15) is 18.4 Å². The van der Waals surface area contributed by atoms with Gasteiger partial charge in [0.25, 0.3) is 15.9 Å². The Balaban J connectivity index is 1.71. The minimum Gasteiger partial charge on any atom is -0.480 e. The summed E-state index contributed by atoms with van der Waals surface area (Å²) in [4.78, 5) is 18.7. The third-order valence-corrected chi connectivity index (χ3v) is 7.89. The first-order valence-corrected chi connectivity index (χ1v) is 15.1. The van der Waals surface area contributed by atoms with E-state index in [1.54, 1.807) is 71.8 Å². The number of fused-ring (bicyclic) bond motifs is 2. The Morgan fingerprint density at radius 1 is 1.21 bits per heavy atom. The summed E-state index contributed by atoms with van der Waals surface area (Å²) >= 11 is 6.28.